The standard InChI is InChI=1S/C20H15F3N4OS/c1-11-5-6-13(8-12(11)2)24-19(28)15-10-18-25-14(16-4-3-7-29-16)9-17(20(21,22)23)27(18)26-15/h3-10H,1-2H3,(H,24,28). The van der Waals surface area contributed by atoms with Gasteiger partial charge in [0.05, 0.1) is 10.6 Å². The second-order valence-corrected chi connectivity index (χ2v) is 7.50. The van der Waals surface area contributed by atoms with E-state index in [4.69, 9.17) is 0 Å². The van der Waals surface area contributed by atoms with Crippen molar-refractivity contribution in [3.8, 4) is 10.6 Å². The van der Waals surface area contributed by atoms with Gasteiger partial charge in [0.15, 0.2) is 17.0 Å². The average molecular weight is 416 g/mol. The molecule has 3 aromatic heterocycles. The maximum absolute atomic E-state index is 13.6. The number of anilines is 1. The molecule has 0 atom stereocenters. The lowest BCUT2D eigenvalue weighted by molar-refractivity contribution is -0.142. The molecule has 4 rings (SSSR count). The van der Waals surface area contributed by atoms with Crippen molar-refractivity contribution in [3.05, 3.63) is 70.4 Å². The highest BCUT2D eigenvalue weighted by Crippen LogP contribution is 2.33. The van der Waals surface area contributed by atoms with Gasteiger partial charge in [-0.3, -0.25) is 4.79 Å². The highest BCUT2D eigenvalue weighted by molar-refractivity contribution is 7.13. The van der Waals surface area contributed by atoms with Gasteiger partial charge in [0.25, 0.3) is 5.91 Å². The molecule has 1 amide bonds. The quantitative estimate of drug-likeness (QED) is 0.490. The number of halogens is 3. The number of aromatic nitrogens is 3. The zero-order valence-electron chi connectivity index (χ0n) is 15.4. The van der Waals surface area contributed by atoms with E-state index in [0.717, 1.165) is 17.2 Å². The van der Waals surface area contributed by atoms with Crippen molar-refractivity contribution in [1.29, 1.82) is 0 Å². The van der Waals surface area contributed by atoms with Gasteiger partial charge in [-0.05, 0) is 54.6 Å². The highest BCUT2D eigenvalue weighted by atomic mass is 32.1. The van der Waals surface area contributed by atoms with E-state index in [1.54, 1.807) is 29.6 Å². The number of carbonyl (C=O) groups is 1. The first-order chi connectivity index (χ1) is 13.7. The molecule has 0 radical (unpaired) electrons. The van der Waals surface area contributed by atoms with Crippen molar-refractivity contribution in [1.82, 2.24) is 14.6 Å². The summed E-state index contributed by atoms with van der Waals surface area (Å²) in [5.74, 6) is -0.607. The van der Waals surface area contributed by atoms with E-state index in [1.807, 2.05) is 19.9 Å². The maximum Gasteiger partial charge on any atom is 0.433 e. The van der Waals surface area contributed by atoms with Gasteiger partial charge in [-0.25, -0.2) is 9.50 Å². The van der Waals surface area contributed by atoms with Gasteiger partial charge in [0.1, 0.15) is 0 Å². The molecule has 148 valence electrons. The maximum atomic E-state index is 13.6. The molecule has 0 aliphatic rings. The summed E-state index contributed by atoms with van der Waals surface area (Å²) in [5, 5.41) is 8.29. The lowest BCUT2D eigenvalue weighted by atomic mass is 10.1. The van der Waals surface area contributed by atoms with Crippen molar-refractivity contribution < 1.29 is 18.0 Å². The minimum absolute atomic E-state index is 0.0477. The van der Waals surface area contributed by atoms with Crippen LogP contribution in [0.1, 0.15) is 27.3 Å². The fourth-order valence-electron chi connectivity index (χ4n) is 2.85. The summed E-state index contributed by atoms with van der Waals surface area (Å²) in [7, 11) is 0. The predicted octanol–water partition coefficient (Wildman–Crippen LogP) is 5.35. The summed E-state index contributed by atoms with van der Waals surface area (Å²) < 4.78 is 41.4. The Morgan fingerprint density at radius 3 is 2.55 bits per heavy atom. The molecule has 1 N–H and O–H groups in total. The molecule has 4 aromatic rings. The fraction of sp³-hybridized carbons (Fsp3) is 0.150. The van der Waals surface area contributed by atoms with Crippen LogP contribution in [0.15, 0.2) is 47.8 Å². The number of nitrogens with zero attached hydrogens (tertiary/aromatic N) is 3. The first kappa shape index (κ1) is 19.1. The van der Waals surface area contributed by atoms with Crippen molar-refractivity contribution >= 4 is 28.6 Å². The first-order valence-electron chi connectivity index (χ1n) is 8.63. The van der Waals surface area contributed by atoms with Crippen LogP contribution in [-0.2, 0) is 6.18 Å². The molecule has 3 heterocycles. The third kappa shape index (κ3) is 3.73. The Morgan fingerprint density at radius 1 is 1.10 bits per heavy atom. The molecule has 5 nitrogen and oxygen atoms in total. The Kier molecular flexibility index (Phi) is 4.62. The molecule has 0 saturated carbocycles. The van der Waals surface area contributed by atoms with Gasteiger partial charge in [-0.15, -0.1) is 11.3 Å². The van der Waals surface area contributed by atoms with E-state index >= 15 is 0 Å². The number of nitrogens with one attached hydrogen (secondary N) is 1. The zero-order valence-corrected chi connectivity index (χ0v) is 16.2. The molecule has 0 aliphatic carbocycles. The van der Waals surface area contributed by atoms with Crippen LogP contribution in [-0.4, -0.2) is 20.5 Å². The SMILES string of the molecule is Cc1ccc(NC(=O)c2cc3nc(-c4cccs4)cc(C(F)(F)F)n3n2)cc1C. The summed E-state index contributed by atoms with van der Waals surface area (Å²) in [6, 6.07) is 11.0. The highest BCUT2D eigenvalue weighted by Gasteiger charge is 2.35. The van der Waals surface area contributed by atoms with E-state index in [-0.39, 0.29) is 17.0 Å². The van der Waals surface area contributed by atoms with Crippen LogP contribution in [0.25, 0.3) is 16.2 Å². The van der Waals surface area contributed by atoms with E-state index in [9.17, 15) is 18.0 Å². The fourth-order valence-corrected chi connectivity index (χ4v) is 3.54. The Labute approximate surface area is 167 Å². The minimum Gasteiger partial charge on any atom is -0.321 e. The second-order valence-electron chi connectivity index (χ2n) is 6.55. The molecule has 0 spiro atoms. The van der Waals surface area contributed by atoms with Crippen molar-refractivity contribution in [2.45, 2.75) is 20.0 Å². The largest absolute Gasteiger partial charge is 0.433 e. The number of aryl methyl sites for hydroxylation is 2. The van der Waals surface area contributed by atoms with Gasteiger partial charge < -0.3 is 5.32 Å². The summed E-state index contributed by atoms with van der Waals surface area (Å²) in [6.45, 7) is 3.85. The average Bonchev–Trinajstić information content (AvgIpc) is 3.32. The normalized spacial score (nSPS) is 11.8. The molecule has 0 saturated heterocycles. The molecule has 0 fully saturated rings. The van der Waals surface area contributed by atoms with Crippen LogP contribution in [0, 0.1) is 13.8 Å². The molecule has 0 aliphatic heterocycles. The Bertz CT molecular complexity index is 1210. The number of hydrogen-bond acceptors (Lipinski definition) is 4. The summed E-state index contributed by atoms with van der Waals surface area (Å²) in [6.07, 6.45) is -4.65. The van der Waals surface area contributed by atoms with Crippen LogP contribution < -0.4 is 5.32 Å². The van der Waals surface area contributed by atoms with Crippen LogP contribution in [0.5, 0.6) is 0 Å². The summed E-state index contributed by atoms with van der Waals surface area (Å²) >= 11 is 1.28. The number of rotatable bonds is 3. The van der Waals surface area contributed by atoms with Gasteiger partial charge in [0, 0.05) is 11.8 Å². The molecular weight excluding hydrogens is 401 g/mol. The van der Waals surface area contributed by atoms with Crippen LogP contribution >= 0.6 is 11.3 Å². The van der Waals surface area contributed by atoms with Crippen molar-refractivity contribution in [2.24, 2.45) is 0 Å². The number of hydrogen-bond donors (Lipinski definition) is 1. The van der Waals surface area contributed by atoms with Crippen LogP contribution in [0.3, 0.4) is 0 Å². The lowest BCUT2D eigenvalue weighted by Gasteiger charge is -2.10. The number of benzene rings is 1. The number of fused-ring (bicyclic) bond motifs is 1. The van der Waals surface area contributed by atoms with Crippen molar-refractivity contribution in [3.63, 3.8) is 0 Å². The molecule has 0 unspecified atom stereocenters. The second kappa shape index (κ2) is 7.00. The van der Waals surface area contributed by atoms with E-state index in [1.165, 1.54) is 17.4 Å². The van der Waals surface area contributed by atoms with Crippen molar-refractivity contribution in [2.75, 3.05) is 5.32 Å². The predicted molar refractivity (Wildman–Crippen MR) is 105 cm³/mol. The Hall–Kier alpha value is -3.20. The third-order valence-electron chi connectivity index (χ3n) is 4.49. The smallest absolute Gasteiger partial charge is 0.321 e. The van der Waals surface area contributed by atoms with Gasteiger partial charge >= 0.3 is 6.18 Å². The lowest BCUT2D eigenvalue weighted by Crippen LogP contribution is -2.15. The van der Waals surface area contributed by atoms with Crippen LogP contribution in [0.4, 0.5) is 18.9 Å². The van der Waals surface area contributed by atoms with Gasteiger partial charge in [-0.2, -0.15) is 18.3 Å². The van der Waals surface area contributed by atoms with Crippen LogP contribution in [0.2, 0.25) is 0 Å². The minimum atomic E-state index is -4.65. The molecule has 9 heteroatoms. The third-order valence-corrected chi connectivity index (χ3v) is 5.38. The number of thiophene rings is 1. The Morgan fingerprint density at radius 2 is 1.90 bits per heavy atom. The zero-order chi connectivity index (χ0) is 20.8. The molecule has 1 aromatic carbocycles. The first-order valence-corrected chi connectivity index (χ1v) is 9.51. The monoisotopic (exact) mass is 416 g/mol. The van der Waals surface area contributed by atoms with Gasteiger partial charge in [0.2, 0.25) is 0 Å². The van der Waals surface area contributed by atoms with E-state index in [2.05, 4.69) is 15.4 Å². The number of amides is 1. The van der Waals surface area contributed by atoms with E-state index < -0.39 is 17.8 Å². The number of carbonyl (C=O) groups excluding carboxylic acids is 1. The van der Waals surface area contributed by atoms with E-state index in [0.29, 0.717) is 15.1 Å². The molecular formula is C20H15F3N4OS. The Balaban J connectivity index is 1.76. The number of alkyl halides is 3. The summed E-state index contributed by atoms with van der Waals surface area (Å²) in [5.41, 5.74) is 1.59. The topological polar surface area (TPSA) is 59.3 Å². The summed E-state index contributed by atoms with van der Waals surface area (Å²) in [4.78, 5) is 17.4. The van der Waals surface area contributed by atoms with Gasteiger partial charge in [-0.1, -0.05) is 12.1 Å². The molecule has 0 bridgehead atoms. The molecule has 29 heavy (non-hydrogen) atoms.